The first kappa shape index (κ1) is 23.8. The molecule has 0 amide bonds. The number of ether oxygens (including phenoxy) is 2. The molecule has 4 rings (SSSR count). The second-order valence-corrected chi connectivity index (χ2v) is 10.2. The largest absolute Gasteiger partial charge is 0.497 e. The lowest BCUT2D eigenvalue weighted by Gasteiger charge is -2.10. The highest BCUT2D eigenvalue weighted by atomic mass is 32.2. The van der Waals surface area contributed by atoms with Gasteiger partial charge in [0.05, 0.1) is 25.1 Å². The molecule has 164 valence electrons. The van der Waals surface area contributed by atoms with E-state index in [0.717, 1.165) is 11.5 Å². The van der Waals surface area contributed by atoms with E-state index in [-0.39, 0.29) is 18.3 Å². The van der Waals surface area contributed by atoms with Crippen molar-refractivity contribution in [2.24, 2.45) is 0 Å². The summed E-state index contributed by atoms with van der Waals surface area (Å²) in [5.74, 6) is 1.73. The van der Waals surface area contributed by atoms with Crippen molar-refractivity contribution in [2.75, 3.05) is 14.2 Å². The molecule has 0 unspecified atom stereocenters. The van der Waals surface area contributed by atoms with Crippen LogP contribution in [-0.2, 0) is 10.9 Å². The first-order valence-electron chi connectivity index (χ1n) is 10.0. The second kappa shape index (κ2) is 11.2. The molecule has 0 aliphatic carbocycles. The molecule has 32 heavy (non-hydrogen) atoms. The van der Waals surface area contributed by atoms with Gasteiger partial charge in [-0.15, -0.1) is 0 Å². The Morgan fingerprint density at radius 3 is 1.25 bits per heavy atom. The van der Waals surface area contributed by atoms with Crippen LogP contribution in [0.5, 0.6) is 11.5 Å². The van der Waals surface area contributed by atoms with E-state index >= 15 is 0 Å². The monoisotopic (exact) mass is 461 g/mol. The zero-order chi connectivity index (χ0) is 21.6. The minimum absolute atomic E-state index is 0. The topological polar surface area (TPSA) is 18.5 Å². The predicted molar refractivity (Wildman–Crippen MR) is 137 cm³/mol. The summed E-state index contributed by atoms with van der Waals surface area (Å²) in [7, 11) is 3.18. The number of hydrogen-bond donors (Lipinski definition) is 0. The maximum atomic E-state index is 5.35. The van der Waals surface area contributed by atoms with E-state index in [1.807, 2.05) is 24.3 Å². The van der Waals surface area contributed by atoms with E-state index in [1.54, 1.807) is 26.0 Å². The molecule has 0 aliphatic rings. The average Bonchev–Trinajstić information content (AvgIpc) is 2.83. The lowest BCUT2D eigenvalue weighted by Crippen LogP contribution is -2.05. The van der Waals surface area contributed by atoms with E-state index in [0.29, 0.717) is 0 Å². The lowest BCUT2D eigenvalue weighted by molar-refractivity contribution is 0.414. The molecule has 0 fully saturated rings. The van der Waals surface area contributed by atoms with E-state index in [4.69, 9.17) is 9.47 Å². The third-order valence-electron chi connectivity index (χ3n) is 4.91. The van der Waals surface area contributed by atoms with Gasteiger partial charge in [0.1, 0.15) is 11.5 Å². The van der Waals surface area contributed by atoms with Crippen LogP contribution in [0.25, 0.3) is 0 Å². The van der Waals surface area contributed by atoms with Crippen LogP contribution < -0.4 is 9.47 Å². The molecule has 2 nitrogen and oxygen atoms in total. The van der Waals surface area contributed by atoms with Crippen LogP contribution in [0.15, 0.2) is 122 Å². The summed E-state index contributed by atoms with van der Waals surface area (Å²) in [4.78, 5) is 6.28. The summed E-state index contributed by atoms with van der Waals surface area (Å²) in [5.41, 5.74) is 1.28. The summed E-state index contributed by atoms with van der Waals surface area (Å²) in [6, 6.07) is 34.3. The van der Waals surface area contributed by atoms with Gasteiger partial charge in [-0.3, -0.25) is 0 Å². The van der Waals surface area contributed by atoms with E-state index in [9.17, 15) is 0 Å². The van der Waals surface area contributed by atoms with Crippen molar-refractivity contribution in [3.05, 3.63) is 103 Å². The van der Waals surface area contributed by atoms with Gasteiger partial charge in [0.2, 0.25) is 0 Å². The van der Waals surface area contributed by atoms with Crippen molar-refractivity contribution in [3.63, 3.8) is 0 Å². The van der Waals surface area contributed by atoms with Gasteiger partial charge in [0.25, 0.3) is 0 Å². The normalized spacial score (nSPS) is 10.5. The zero-order valence-electron chi connectivity index (χ0n) is 17.9. The molecular formula is C28H29O2S2+. The SMILES string of the molecule is C.COc1ccc([S+](c2ccc(OC)cc2)c2ccc(Sc3ccc(C)cc3)cc2)cc1. The molecule has 0 atom stereocenters. The summed E-state index contributed by atoms with van der Waals surface area (Å²) in [5, 5.41) is 0. The van der Waals surface area contributed by atoms with Crippen molar-refractivity contribution in [3.8, 4) is 11.5 Å². The van der Waals surface area contributed by atoms with Crippen molar-refractivity contribution in [2.45, 2.75) is 38.8 Å². The van der Waals surface area contributed by atoms with Gasteiger partial charge < -0.3 is 9.47 Å². The molecule has 4 heteroatoms. The fraction of sp³-hybridized carbons (Fsp3) is 0.143. The molecule has 4 aromatic carbocycles. The highest BCUT2D eigenvalue weighted by molar-refractivity contribution is 7.99. The number of hydrogen-bond acceptors (Lipinski definition) is 3. The maximum absolute atomic E-state index is 5.35. The van der Waals surface area contributed by atoms with Gasteiger partial charge in [0.15, 0.2) is 14.7 Å². The molecule has 0 radical (unpaired) electrons. The fourth-order valence-electron chi connectivity index (χ4n) is 3.22. The molecule has 0 aliphatic heterocycles. The van der Waals surface area contributed by atoms with Crippen molar-refractivity contribution < 1.29 is 9.47 Å². The molecular weight excluding hydrogens is 432 g/mol. The Morgan fingerprint density at radius 1 is 0.531 bits per heavy atom. The minimum atomic E-state index is -0.213. The molecule has 0 heterocycles. The Kier molecular flexibility index (Phi) is 8.32. The molecule has 0 saturated heterocycles. The summed E-state index contributed by atoms with van der Waals surface area (Å²) >= 11 is 1.79. The lowest BCUT2D eigenvalue weighted by atomic mass is 10.2. The molecule has 0 spiro atoms. The van der Waals surface area contributed by atoms with Crippen LogP contribution in [0.4, 0.5) is 0 Å². The Morgan fingerprint density at radius 2 is 0.875 bits per heavy atom. The minimum Gasteiger partial charge on any atom is -0.497 e. The van der Waals surface area contributed by atoms with Crippen LogP contribution in [0, 0.1) is 6.92 Å². The molecule has 0 saturated carbocycles. The Bertz CT molecular complexity index is 1060. The average molecular weight is 462 g/mol. The van der Waals surface area contributed by atoms with Crippen molar-refractivity contribution in [1.29, 1.82) is 0 Å². The van der Waals surface area contributed by atoms with Crippen LogP contribution in [0.2, 0.25) is 0 Å². The molecule has 0 N–H and O–H groups in total. The Hall–Kier alpha value is -2.82. The summed E-state index contributed by atoms with van der Waals surface area (Å²) < 4.78 is 10.7. The number of benzene rings is 4. The number of aryl methyl sites for hydroxylation is 1. The van der Waals surface area contributed by atoms with Crippen LogP contribution in [0.1, 0.15) is 13.0 Å². The highest BCUT2D eigenvalue weighted by Crippen LogP contribution is 2.35. The molecule has 0 bridgehead atoms. The predicted octanol–water partition coefficient (Wildman–Crippen LogP) is 7.89. The Balaban J connectivity index is 0.00000289. The van der Waals surface area contributed by atoms with E-state index < -0.39 is 0 Å². The molecule has 0 aromatic heterocycles. The summed E-state index contributed by atoms with van der Waals surface area (Å²) in [6.07, 6.45) is 0. The van der Waals surface area contributed by atoms with Crippen LogP contribution in [-0.4, -0.2) is 14.2 Å². The Labute approximate surface area is 199 Å². The van der Waals surface area contributed by atoms with Gasteiger partial charge in [0, 0.05) is 9.79 Å². The third kappa shape index (κ3) is 5.70. The number of rotatable bonds is 7. The highest BCUT2D eigenvalue weighted by Gasteiger charge is 2.28. The smallest absolute Gasteiger partial charge is 0.166 e. The first-order valence-corrected chi connectivity index (χ1v) is 12.1. The van der Waals surface area contributed by atoms with Crippen LogP contribution >= 0.6 is 11.8 Å². The fourth-order valence-corrected chi connectivity index (χ4v) is 6.08. The van der Waals surface area contributed by atoms with Crippen molar-refractivity contribution in [1.82, 2.24) is 0 Å². The van der Waals surface area contributed by atoms with E-state index in [1.165, 1.54) is 30.0 Å². The second-order valence-electron chi connectivity index (χ2n) is 7.04. The quantitative estimate of drug-likeness (QED) is 0.261. The van der Waals surface area contributed by atoms with Gasteiger partial charge in [-0.25, -0.2) is 0 Å². The van der Waals surface area contributed by atoms with Gasteiger partial charge >= 0.3 is 0 Å². The van der Waals surface area contributed by atoms with Gasteiger partial charge in [-0.2, -0.15) is 0 Å². The third-order valence-corrected chi connectivity index (χ3v) is 8.15. The number of methoxy groups -OCH3 is 2. The van der Waals surface area contributed by atoms with Crippen LogP contribution in [0.3, 0.4) is 0 Å². The van der Waals surface area contributed by atoms with E-state index in [2.05, 4.69) is 79.7 Å². The van der Waals surface area contributed by atoms with Gasteiger partial charge in [-0.05, 0) is 91.9 Å². The maximum Gasteiger partial charge on any atom is 0.166 e. The zero-order valence-corrected chi connectivity index (χ0v) is 19.5. The molecule has 4 aromatic rings. The summed E-state index contributed by atoms with van der Waals surface area (Å²) in [6.45, 7) is 2.11. The van der Waals surface area contributed by atoms with Crippen molar-refractivity contribution >= 4 is 22.7 Å². The first-order chi connectivity index (χ1) is 15.2. The standard InChI is InChI=1S/C27H25O2S2.CH4/c1-20-4-10-23(11-5-20)30-24-12-18-27(19-13-24)31(25-14-6-21(28-2)7-15-25)26-16-8-22(29-3)9-17-26;/h4-19H,1-3H3;1H4/q+1;. The van der Waals surface area contributed by atoms with Gasteiger partial charge in [-0.1, -0.05) is 36.9 Å².